The molecule has 1 spiro atoms. The molecule has 5 nitrogen and oxygen atoms in total. The number of nitrogens with zero attached hydrogens (tertiary/aromatic N) is 1. The first kappa shape index (κ1) is 14.3. The highest BCUT2D eigenvalue weighted by atomic mass is 16.5. The maximum absolute atomic E-state index is 12.8. The Morgan fingerprint density at radius 3 is 2.63 bits per heavy atom. The molecule has 5 heteroatoms. The van der Waals surface area contributed by atoms with Gasteiger partial charge in [-0.15, -0.1) is 0 Å². The van der Waals surface area contributed by atoms with Gasteiger partial charge in [-0.2, -0.15) is 0 Å². The molecule has 0 aromatic heterocycles. The Bertz CT molecular complexity index is 364. The fourth-order valence-corrected chi connectivity index (χ4v) is 3.27. The summed E-state index contributed by atoms with van der Waals surface area (Å²) in [7, 11) is 1.65. The van der Waals surface area contributed by atoms with Crippen molar-refractivity contribution >= 4 is 11.8 Å². The Morgan fingerprint density at radius 2 is 2.05 bits per heavy atom. The first-order valence-corrected chi connectivity index (χ1v) is 7.15. The third-order valence-electron chi connectivity index (χ3n) is 4.47. The third kappa shape index (κ3) is 2.48. The summed E-state index contributed by atoms with van der Waals surface area (Å²) in [6.07, 6.45) is 4.34. The van der Waals surface area contributed by atoms with E-state index in [1.165, 1.54) is 0 Å². The average Bonchev–Trinajstić information content (AvgIpc) is 2.84. The molecule has 2 rings (SSSR count). The smallest absolute Gasteiger partial charge is 0.249 e. The van der Waals surface area contributed by atoms with Crippen LogP contribution in [0.25, 0.3) is 0 Å². The van der Waals surface area contributed by atoms with Crippen molar-refractivity contribution in [2.24, 2.45) is 0 Å². The van der Waals surface area contributed by atoms with Crippen LogP contribution < -0.4 is 5.32 Å². The van der Waals surface area contributed by atoms with Gasteiger partial charge in [0.15, 0.2) is 0 Å². The molecule has 1 heterocycles. The monoisotopic (exact) mass is 268 g/mol. The summed E-state index contributed by atoms with van der Waals surface area (Å²) in [6, 6.07) is -0.350. The summed E-state index contributed by atoms with van der Waals surface area (Å²) < 4.78 is 5.08. The number of piperazine rings is 1. The predicted molar refractivity (Wildman–Crippen MR) is 71.6 cm³/mol. The second-order valence-corrected chi connectivity index (χ2v) is 5.80. The van der Waals surface area contributed by atoms with Crippen LogP contribution in [0.3, 0.4) is 0 Å². The zero-order valence-electron chi connectivity index (χ0n) is 12.1. The highest BCUT2D eigenvalue weighted by Crippen LogP contribution is 2.35. The van der Waals surface area contributed by atoms with Gasteiger partial charge in [-0.05, 0) is 33.1 Å². The van der Waals surface area contributed by atoms with Crippen LogP contribution in [0.15, 0.2) is 0 Å². The zero-order valence-corrected chi connectivity index (χ0v) is 12.1. The highest BCUT2D eigenvalue weighted by Gasteiger charge is 2.51. The van der Waals surface area contributed by atoms with Crippen LogP contribution in [0.2, 0.25) is 0 Å². The van der Waals surface area contributed by atoms with E-state index in [0.29, 0.717) is 6.61 Å². The topological polar surface area (TPSA) is 58.6 Å². The number of methoxy groups -OCH3 is 1. The van der Waals surface area contributed by atoms with Crippen LogP contribution in [-0.4, -0.2) is 48.1 Å². The van der Waals surface area contributed by atoms with Crippen molar-refractivity contribution in [2.45, 2.75) is 63.6 Å². The molecule has 108 valence electrons. The van der Waals surface area contributed by atoms with Gasteiger partial charge < -0.3 is 15.0 Å². The lowest BCUT2D eigenvalue weighted by molar-refractivity contribution is -0.157. The summed E-state index contributed by atoms with van der Waals surface area (Å²) in [4.78, 5) is 26.7. The molecule has 1 aliphatic heterocycles. The number of ether oxygens (including phenoxy) is 1. The summed E-state index contributed by atoms with van der Waals surface area (Å²) in [6.45, 7) is 4.40. The first-order chi connectivity index (χ1) is 9.02. The third-order valence-corrected chi connectivity index (χ3v) is 4.47. The number of hydrogen-bond donors (Lipinski definition) is 1. The van der Waals surface area contributed by atoms with Gasteiger partial charge in [-0.25, -0.2) is 0 Å². The van der Waals surface area contributed by atoms with Crippen molar-refractivity contribution in [3.63, 3.8) is 0 Å². The molecule has 2 amide bonds. The molecule has 1 saturated heterocycles. The van der Waals surface area contributed by atoms with E-state index in [1.807, 2.05) is 6.92 Å². The number of hydrogen-bond acceptors (Lipinski definition) is 3. The number of rotatable bonds is 4. The molecule has 0 bridgehead atoms. The van der Waals surface area contributed by atoms with E-state index in [1.54, 1.807) is 18.9 Å². The second kappa shape index (κ2) is 5.49. The van der Waals surface area contributed by atoms with E-state index in [0.717, 1.165) is 32.1 Å². The molecular weight excluding hydrogens is 244 g/mol. The van der Waals surface area contributed by atoms with Crippen molar-refractivity contribution in [1.29, 1.82) is 0 Å². The molecule has 1 aliphatic carbocycles. The minimum absolute atomic E-state index is 0.0224. The van der Waals surface area contributed by atoms with Crippen LogP contribution in [0.1, 0.15) is 46.0 Å². The van der Waals surface area contributed by atoms with Gasteiger partial charge in [0, 0.05) is 19.8 Å². The largest absolute Gasteiger partial charge is 0.385 e. The fraction of sp³-hybridized carbons (Fsp3) is 0.857. The maximum Gasteiger partial charge on any atom is 0.249 e. The van der Waals surface area contributed by atoms with Gasteiger partial charge in [0.05, 0.1) is 0 Å². The molecular formula is C14H24N2O3. The molecule has 19 heavy (non-hydrogen) atoms. The van der Waals surface area contributed by atoms with E-state index in [9.17, 15) is 9.59 Å². The molecule has 0 radical (unpaired) electrons. The van der Waals surface area contributed by atoms with E-state index in [4.69, 9.17) is 4.74 Å². The number of amides is 2. The van der Waals surface area contributed by atoms with E-state index < -0.39 is 5.54 Å². The molecule has 1 N–H and O–H groups in total. The normalized spacial score (nSPS) is 27.7. The molecule has 0 aromatic carbocycles. The average molecular weight is 268 g/mol. The van der Waals surface area contributed by atoms with Crippen LogP contribution in [0, 0.1) is 0 Å². The van der Waals surface area contributed by atoms with Crippen LogP contribution in [-0.2, 0) is 14.3 Å². The fourth-order valence-electron chi connectivity index (χ4n) is 3.27. The van der Waals surface area contributed by atoms with E-state index in [-0.39, 0.29) is 23.9 Å². The summed E-state index contributed by atoms with van der Waals surface area (Å²) >= 11 is 0. The minimum Gasteiger partial charge on any atom is -0.385 e. The Labute approximate surface area is 114 Å². The van der Waals surface area contributed by atoms with Gasteiger partial charge in [0.2, 0.25) is 11.8 Å². The van der Waals surface area contributed by atoms with Gasteiger partial charge in [-0.1, -0.05) is 12.8 Å². The number of carbonyl (C=O) groups excluding carboxylic acids is 2. The van der Waals surface area contributed by atoms with Crippen molar-refractivity contribution in [1.82, 2.24) is 10.2 Å². The number of nitrogens with one attached hydrogen (secondary N) is 1. The number of carbonyl (C=O) groups is 2. The standard InChI is InChI=1S/C14H24N2O3/c1-10(6-9-19-3)16-11(2)12(17)15-14(13(16)18)7-4-5-8-14/h10-11H,4-9H2,1-3H3,(H,15,17). The Balaban J connectivity index is 2.19. The van der Waals surface area contributed by atoms with Crippen LogP contribution in [0.4, 0.5) is 0 Å². The quantitative estimate of drug-likeness (QED) is 0.829. The predicted octanol–water partition coefficient (Wildman–Crippen LogP) is 1.07. The maximum atomic E-state index is 12.8. The Hall–Kier alpha value is -1.10. The SMILES string of the molecule is COCCC(C)N1C(=O)C2(CCCC2)NC(=O)C1C. The van der Waals surface area contributed by atoms with E-state index in [2.05, 4.69) is 5.32 Å². The molecule has 1 saturated carbocycles. The highest BCUT2D eigenvalue weighted by molar-refractivity contribution is 6.00. The van der Waals surface area contributed by atoms with Crippen molar-refractivity contribution < 1.29 is 14.3 Å². The van der Waals surface area contributed by atoms with Crippen molar-refractivity contribution in [3.05, 3.63) is 0 Å². The second-order valence-electron chi connectivity index (χ2n) is 5.80. The van der Waals surface area contributed by atoms with Gasteiger partial charge in [-0.3, -0.25) is 9.59 Å². The summed E-state index contributed by atoms with van der Waals surface area (Å²) in [5.74, 6) is 0.0754. The summed E-state index contributed by atoms with van der Waals surface area (Å²) in [5.41, 5.74) is -0.620. The Kier molecular flexibility index (Phi) is 4.13. The van der Waals surface area contributed by atoms with Crippen LogP contribution >= 0.6 is 0 Å². The van der Waals surface area contributed by atoms with Crippen molar-refractivity contribution in [3.8, 4) is 0 Å². The lowest BCUT2D eigenvalue weighted by Crippen LogP contribution is -2.70. The molecule has 0 aromatic rings. The lowest BCUT2D eigenvalue weighted by atomic mass is 9.89. The molecule has 2 unspecified atom stereocenters. The lowest BCUT2D eigenvalue weighted by Gasteiger charge is -2.46. The van der Waals surface area contributed by atoms with Crippen LogP contribution in [0.5, 0.6) is 0 Å². The van der Waals surface area contributed by atoms with Crippen molar-refractivity contribution in [2.75, 3.05) is 13.7 Å². The van der Waals surface area contributed by atoms with Gasteiger partial charge in [0.1, 0.15) is 11.6 Å². The minimum atomic E-state index is -0.620. The molecule has 2 atom stereocenters. The first-order valence-electron chi connectivity index (χ1n) is 7.15. The van der Waals surface area contributed by atoms with Gasteiger partial charge >= 0.3 is 0 Å². The summed E-state index contributed by atoms with van der Waals surface area (Å²) in [5, 5.41) is 2.97. The Morgan fingerprint density at radius 1 is 1.42 bits per heavy atom. The molecule has 2 fully saturated rings. The molecule has 2 aliphatic rings. The van der Waals surface area contributed by atoms with E-state index >= 15 is 0 Å². The van der Waals surface area contributed by atoms with Gasteiger partial charge in [0.25, 0.3) is 0 Å². The zero-order chi connectivity index (χ0) is 14.0.